The number of ether oxygens (including phenoxy) is 4. The number of aliphatic hydroxyl groups is 1. The summed E-state index contributed by atoms with van der Waals surface area (Å²) >= 11 is 0. The third-order valence-corrected chi connectivity index (χ3v) is 7.18. The van der Waals surface area contributed by atoms with E-state index in [1.165, 1.54) is 4.90 Å². The fourth-order valence-electron chi connectivity index (χ4n) is 4.60. The number of rotatable bonds is 18. The summed E-state index contributed by atoms with van der Waals surface area (Å²) in [6.07, 6.45) is 0.621. The molecular formula is C33H53N5O10. The van der Waals surface area contributed by atoms with Gasteiger partial charge in [0.15, 0.2) is 0 Å². The van der Waals surface area contributed by atoms with E-state index in [0.717, 1.165) is 18.4 Å². The zero-order valence-corrected chi connectivity index (χ0v) is 29.0. The standard InChI is InChI=1S/C33H53N5O10/c1-22(2)28(37-27(40)13-16-45-18-19-46-17-14-34-31(43)48-33(4,5)6)30(42)35-23(3)29(41)36-25-11-9-24(10-12-25)21-47-32(44)38-15-7-8-26(38)20-39/h9-12,22-23,26,28,39H,7-8,13-21H2,1-6H3,(H,34,43)(H,35,42)(H,36,41)(H,37,40)/t23-,26-,28-/m0/s1. The molecule has 1 aromatic carbocycles. The molecule has 0 saturated carbocycles. The lowest BCUT2D eigenvalue weighted by Crippen LogP contribution is -2.53. The highest BCUT2D eigenvalue weighted by atomic mass is 16.6. The van der Waals surface area contributed by atoms with Gasteiger partial charge in [-0.2, -0.15) is 0 Å². The lowest BCUT2D eigenvalue weighted by Gasteiger charge is -2.24. The highest BCUT2D eigenvalue weighted by molar-refractivity contribution is 5.98. The highest BCUT2D eigenvalue weighted by Gasteiger charge is 2.29. The van der Waals surface area contributed by atoms with Crippen molar-refractivity contribution in [2.45, 2.75) is 91.1 Å². The van der Waals surface area contributed by atoms with Crippen LogP contribution in [0.15, 0.2) is 24.3 Å². The number of nitrogens with zero attached hydrogens (tertiary/aromatic N) is 1. The Bertz CT molecular complexity index is 1190. The minimum absolute atomic E-state index is 0.0311. The third kappa shape index (κ3) is 15.3. The van der Waals surface area contributed by atoms with Crippen LogP contribution in [0.1, 0.15) is 66.4 Å². The van der Waals surface area contributed by atoms with Crippen molar-refractivity contribution in [3.05, 3.63) is 29.8 Å². The predicted octanol–water partition coefficient (Wildman–Crippen LogP) is 2.31. The summed E-state index contributed by atoms with van der Waals surface area (Å²) in [6.45, 7) is 12.2. The van der Waals surface area contributed by atoms with Crippen molar-refractivity contribution in [2.75, 3.05) is 51.4 Å². The number of carbonyl (C=O) groups excluding carboxylic acids is 5. The van der Waals surface area contributed by atoms with Crippen molar-refractivity contribution in [3.63, 3.8) is 0 Å². The van der Waals surface area contributed by atoms with Crippen molar-refractivity contribution in [1.29, 1.82) is 0 Å². The first-order valence-corrected chi connectivity index (χ1v) is 16.4. The fourth-order valence-corrected chi connectivity index (χ4v) is 4.60. The van der Waals surface area contributed by atoms with E-state index in [4.69, 9.17) is 18.9 Å². The van der Waals surface area contributed by atoms with E-state index in [0.29, 0.717) is 12.2 Å². The maximum absolute atomic E-state index is 13.0. The van der Waals surface area contributed by atoms with Crippen LogP contribution in [-0.2, 0) is 39.9 Å². The quantitative estimate of drug-likeness (QED) is 0.144. The summed E-state index contributed by atoms with van der Waals surface area (Å²) in [5, 5.41) is 20.1. The number of amides is 5. The Morgan fingerprint density at radius 1 is 0.938 bits per heavy atom. The molecule has 1 aliphatic heterocycles. The Morgan fingerprint density at radius 2 is 1.60 bits per heavy atom. The molecule has 0 spiro atoms. The minimum Gasteiger partial charge on any atom is -0.445 e. The molecule has 48 heavy (non-hydrogen) atoms. The largest absolute Gasteiger partial charge is 0.445 e. The normalized spacial score (nSPS) is 15.8. The van der Waals surface area contributed by atoms with Crippen molar-refractivity contribution >= 4 is 35.6 Å². The molecule has 0 aromatic heterocycles. The van der Waals surface area contributed by atoms with Crippen LogP contribution in [0.3, 0.4) is 0 Å². The van der Waals surface area contributed by atoms with Gasteiger partial charge in [-0.15, -0.1) is 0 Å². The molecule has 0 unspecified atom stereocenters. The minimum atomic E-state index is -0.890. The van der Waals surface area contributed by atoms with E-state index in [2.05, 4.69) is 21.3 Å². The summed E-state index contributed by atoms with van der Waals surface area (Å²) < 4.78 is 21.3. The fraction of sp³-hybridized carbons (Fsp3) is 0.667. The van der Waals surface area contributed by atoms with Gasteiger partial charge in [0.05, 0.1) is 39.1 Å². The maximum atomic E-state index is 13.0. The molecule has 1 aliphatic rings. The second kappa shape index (κ2) is 20.4. The number of carbonyl (C=O) groups is 5. The number of hydrogen-bond acceptors (Lipinski definition) is 10. The topological polar surface area (TPSA) is 194 Å². The molecule has 1 saturated heterocycles. The average molecular weight is 680 g/mol. The van der Waals surface area contributed by atoms with Crippen LogP contribution >= 0.6 is 0 Å². The Hall–Kier alpha value is -3.95. The number of aliphatic hydroxyl groups excluding tert-OH is 1. The first-order valence-electron chi connectivity index (χ1n) is 16.4. The van der Waals surface area contributed by atoms with Gasteiger partial charge in [0.1, 0.15) is 24.3 Å². The van der Waals surface area contributed by atoms with E-state index < -0.39 is 41.7 Å². The first-order chi connectivity index (χ1) is 22.7. The van der Waals surface area contributed by atoms with Gasteiger partial charge in [-0.05, 0) is 64.2 Å². The van der Waals surface area contributed by atoms with Crippen LogP contribution in [0.2, 0.25) is 0 Å². The number of anilines is 1. The first kappa shape index (κ1) is 40.2. The smallest absolute Gasteiger partial charge is 0.410 e. The molecule has 1 fully saturated rings. The molecule has 5 N–H and O–H groups in total. The molecule has 0 aliphatic carbocycles. The lowest BCUT2D eigenvalue weighted by atomic mass is 10.0. The maximum Gasteiger partial charge on any atom is 0.410 e. The van der Waals surface area contributed by atoms with Crippen molar-refractivity contribution in [2.24, 2.45) is 5.92 Å². The Labute approximate surface area is 282 Å². The SMILES string of the molecule is CC(C)[C@H](NC(=O)CCOCCOCCNC(=O)OC(C)(C)C)C(=O)N[C@@H](C)C(=O)Nc1ccc(COC(=O)N2CCC[C@H]2CO)cc1. The van der Waals surface area contributed by atoms with Gasteiger partial charge in [0, 0.05) is 25.2 Å². The van der Waals surface area contributed by atoms with E-state index in [9.17, 15) is 29.1 Å². The number of nitrogens with one attached hydrogen (secondary N) is 4. The third-order valence-electron chi connectivity index (χ3n) is 7.18. The average Bonchev–Trinajstić information content (AvgIpc) is 3.50. The lowest BCUT2D eigenvalue weighted by molar-refractivity contribution is -0.132. The van der Waals surface area contributed by atoms with Crippen LogP contribution in [0.5, 0.6) is 0 Å². The zero-order valence-electron chi connectivity index (χ0n) is 29.0. The van der Waals surface area contributed by atoms with Crippen LogP contribution in [-0.4, -0.2) is 110 Å². The molecule has 15 heteroatoms. The van der Waals surface area contributed by atoms with Gasteiger partial charge >= 0.3 is 12.2 Å². The number of alkyl carbamates (subject to hydrolysis) is 1. The van der Waals surface area contributed by atoms with Gasteiger partial charge in [-0.3, -0.25) is 14.4 Å². The van der Waals surface area contributed by atoms with Gasteiger partial charge < -0.3 is 50.2 Å². The number of hydrogen-bond donors (Lipinski definition) is 5. The van der Waals surface area contributed by atoms with Crippen LogP contribution in [0.25, 0.3) is 0 Å². The monoisotopic (exact) mass is 679 g/mol. The second-order valence-corrected chi connectivity index (χ2v) is 12.8. The van der Waals surface area contributed by atoms with Gasteiger partial charge in [-0.1, -0.05) is 26.0 Å². The van der Waals surface area contributed by atoms with Crippen LogP contribution in [0.4, 0.5) is 15.3 Å². The van der Waals surface area contributed by atoms with E-state index >= 15 is 0 Å². The van der Waals surface area contributed by atoms with Crippen molar-refractivity contribution in [3.8, 4) is 0 Å². The molecule has 3 atom stereocenters. The summed E-state index contributed by atoms with van der Waals surface area (Å²) in [7, 11) is 0. The molecule has 0 radical (unpaired) electrons. The molecule has 1 heterocycles. The zero-order chi connectivity index (χ0) is 35.7. The van der Waals surface area contributed by atoms with Crippen LogP contribution < -0.4 is 21.3 Å². The Kier molecular flexibility index (Phi) is 17.1. The number of benzene rings is 1. The summed E-state index contributed by atoms with van der Waals surface area (Å²) in [5.41, 5.74) is 0.644. The van der Waals surface area contributed by atoms with Gasteiger partial charge in [-0.25, -0.2) is 9.59 Å². The summed E-state index contributed by atoms with van der Waals surface area (Å²) in [6, 6.07) is 4.80. The van der Waals surface area contributed by atoms with Crippen molar-refractivity contribution in [1.82, 2.24) is 20.9 Å². The summed E-state index contributed by atoms with van der Waals surface area (Å²) in [4.78, 5) is 63.7. The second-order valence-electron chi connectivity index (χ2n) is 12.8. The Balaban J connectivity index is 1.66. The highest BCUT2D eigenvalue weighted by Crippen LogP contribution is 2.19. The Morgan fingerprint density at radius 3 is 2.23 bits per heavy atom. The summed E-state index contributed by atoms with van der Waals surface area (Å²) in [5.74, 6) is -1.55. The molecule has 1 aromatic rings. The van der Waals surface area contributed by atoms with Gasteiger partial charge in [0.25, 0.3) is 0 Å². The molecule has 15 nitrogen and oxygen atoms in total. The van der Waals surface area contributed by atoms with E-state index in [-0.39, 0.29) is 70.5 Å². The molecule has 5 amide bonds. The number of likely N-dealkylation sites (tertiary alicyclic amines) is 1. The molecule has 2 rings (SSSR count). The van der Waals surface area contributed by atoms with Crippen molar-refractivity contribution < 1.29 is 48.0 Å². The van der Waals surface area contributed by atoms with E-state index in [1.54, 1.807) is 65.8 Å². The molecule has 0 bridgehead atoms. The molecule has 270 valence electrons. The van der Waals surface area contributed by atoms with E-state index in [1.807, 2.05) is 0 Å². The van der Waals surface area contributed by atoms with Gasteiger partial charge in [0.2, 0.25) is 17.7 Å². The predicted molar refractivity (Wildman–Crippen MR) is 177 cm³/mol. The van der Waals surface area contributed by atoms with Crippen LogP contribution in [0, 0.1) is 5.92 Å². The molecular weight excluding hydrogens is 626 g/mol.